The third-order valence-electron chi connectivity index (χ3n) is 2.75. The maximum atomic E-state index is 8.74. The second-order valence-electron chi connectivity index (χ2n) is 4.35. The third-order valence-corrected chi connectivity index (χ3v) is 2.75. The SMILES string of the molecule is CC.Cc1cncc(-c2cccc(CNCCO)c2)c1. The summed E-state index contributed by atoms with van der Waals surface area (Å²) in [6.45, 7) is 7.61. The summed E-state index contributed by atoms with van der Waals surface area (Å²) >= 11 is 0. The molecule has 2 rings (SSSR count). The lowest BCUT2D eigenvalue weighted by atomic mass is 10.0. The van der Waals surface area contributed by atoms with Crippen LogP contribution in [0.15, 0.2) is 42.7 Å². The number of hydrogen-bond donors (Lipinski definition) is 2. The highest BCUT2D eigenvalue weighted by Gasteiger charge is 2.00. The van der Waals surface area contributed by atoms with E-state index in [1.165, 1.54) is 11.1 Å². The molecule has 108 valence electrons. The van der Waals surface area contributed by atoms with Gasteiger partial charge in [-0.15, -0.1) is 0 Å². The number of aliphatic hydroxyl groups excluding tert-OH is 1. The van der Waals surface area contributed by atoms with Crippen LogP contribution in [0.2, 0.25) is 0 Å². The maximum Gasteiger partial charge on any atom is 0.0556 e. The summed E-state index contributed by atoms with van der Waals surface area (Å²) < 4.78 is 0. The minimum Gasteiger partial charge on any atom is -0.395 e. The molecule has 1 heterocycles. The number of rotatable bonds is 5. The number of hydrogen-bond acceptors (Lipinski definition) is 3. The fourth-order valence-electron chi connectivity index (χ4n) is 1.89. The van der Waals surface area contributed by atoms with Gasteiger partial charge in [0.15, 0.2) is 0 Å². The second-order valence-corrected chi connectivity index (χ2v) is 4.35. The van der Waals surface area contributed by atoms with Gasteiger partial charge in [0, 0.05) is 31.0 Å². The van der Waals surface area contributed by atoms with Gasteiger partial charge in [-0.1, -0.05) is 32.0 Å². The van der Waals surface area contributed by atoms with Crippen molar-refractivity contribution >= 4 is 0 Å². The molecule has 0 fully saturated rings. The van der Waals surface area contributed by atoms with Gasteiger partial charge in [0.2, 0.25) is 0 Å². The summed E-state index contributed by atoms with van der Waals surface area (Å²) in [5.41, 5.74) is 4.69. The van der Waals surface area contributed by atoms with Gasteiger partial charge in [-0.3, -0.25) is 4.98 Å². The molecule has 0 aliphatic carbocycles. The van der Waals surface area contributed by atoms with Crippen molar-refractivity contribution in [3.05, 3.63) is 53.9 Å². The highest BCUT2D eigenvalue weighted by molar-refractivity contribution is 5.63. The van der Waals surface area contributed by atoms with Crippen LogP contribution in [0.3, 0.4) is 0 Å². The molecule has 3 heteroatoms. The summed E-state index contributed by atoms with van der Waals surface area (Å²) in [6, 6.07) is 10.5. The molecule has 0 spiro atoms. The van der Waals surface area contributed by atoms with E-state index < -0.39 is 0 Å². The summed E-state index contributed by atoms with van der Waals surface area (Å²) in [4.78, 5) is 4.22. The lowest BCUT2D eigenvalue weighted by Crippen LogP contribution is -2.17. The standard InChI is InChI=1S/C15H18N2O.C2H6/c1-12-7-15(11-17-9-12)14-4-2-3-13(8-14)10-16-5-6-18;1-2/h2-4,7-9,11,16,18H,5-6,10H2,1H3;1-2H3. The van der Waals surface area contributed by atoms with Crippen LogP contribution in [0.4, 0.5) is 0 Å². The number of benzene rings is 1. The number of pyridine rings is 1. The monoisotopic (exact) mass is 272 g/mol. The number of aliphatic hydroxyl groups is 1. The lowest BCUT2D eigenvalue weighted by Gasteiger charge is -2.07. The first-order chi connectivity index (χ1) is 9.79. The van der Waals surface area contributed by atoms with E-state index in [9.17, 15) is 0 Å². The average molecular weight is 272 g/mol. The van der Waals surface area contributed by atoms with Gasteiger partial charge in [0.25, 0.3) is 0 Å². The van der Waals surface area contributed by atoms with Crippen molar-refractivity contribution in [2.45, 2.75) is 27.3 Å². The van der Waals surface area contributed by atoms with Crippen LogP contribution in [0.25, 0.3) is 11.1 Å². The molecule has 2 N–H and O–H groups in total. The normalized spacial score (nSPS) is 9.80. The van der Waals surface area contributed by atoms with Crippen molar-refractivity contribution < 1.29 is 5.11 Å². The van der Waals surface area contributed by atoms with E-state index in [2.05, 4.69) is 34.6 Å². The minimum atomic E-state index is 0.168. The first kappa shape index (κ1) is 16.3. The number of nitrogens with zero attached hydrogens (tertiary/aromatic N) is 1. The lowest BCUT2D eigenvalue weighted by molar-refractivity contribution is 0.292. The predicted octanol–water partition coefficient (Wildman–Crippen LogP) is 3.17. The number of aryl methyl sites for hydroxylation is 1. The third kappa shape index (κ3) is 5.11. The Labute approximate surface area is 121 Å². The quantitative estimate of drug-likeness (QED) is 0.822. The van der Waals surface area contributed by atoms with Crippen molar-refractivity contribution in [3.8, 4) is 11.1 Å². The van der Waals surface area contributed by atoms with Crippen LogP contribution in [0.1, 0.15) is 25.0 Å². The maximum absolute atomic E-state index is 8.74. The van der Waals surface area contributed by atoms with Crippen molar-refractivity contribution in [1.82, 2.24) is 10.3 Å². The van der Waals surface area contributed by atoms with Crippen molar-refractivity contribution in [2.24, 2.45) is 0 Å². The highest BCUT2D eigenvalue weighted by Crippen LogP contribution is 2.20. The first-order valence-corrected chi connectivity index (χ1v) is 7.12. The summed E-state index contributed by atoms with van der Waals surface area (Å²) in [5.74, 6) is 0. The molecule has 0 saturated heterocycles. The second kappa shape index (κ2) is 9.23. The van der Waals surface area contributed by atoms with E-state index >= 15 is 0 Å². The zero-order valence-corrected chi connectivity index (χ0v) is 12.6. The summed E-state index contributed by atoms with van der Waals surface area (Å²) in [5, 5.41) is 11.9. The van der Waals surface area contributed by atoms with Gasteiger partial charge in [-0.25, -0.2) is 0 Å². The Balaban J connectivity index is 0.000000956. The van der Waals surface area contributed by atoms with Crippen LogP contribution in [0.5, 0.6) is 0 Å². The van der Waals surface area contributed by atoms with E-state index in [1.807, 2.05) is 39.2 Å². The highest BCUT2D eigenvalue weighted by atomic mass is 16.3. The molecule has 20 heavy (non-hydrogen) atoms. The molecule has 0 atom stereocenters. The molecule has 1 aromatic heterocycles. The Morgan fingerprint density at radius 1 is 1.10 bits per heavy atom. The van der Waals surface area contributed by atoms with E-state index in [-0.39, 0.29) is 6.61 Å². The molecule has 1 aromatic carbocycles. The van der Waals surface area contributed by atoms with Crippen LogP contribution >= 0.6 is 0 Å². The Bertz CT molecular complexity index is 512. The molecule has 0 bridgehead atoms. The van der Waals surface area contributed by atoms with Crippen molar-refractivity contribution in [1.29, 1.82) is 0 Å². The zero-order valence-electron chi connectivity index (χ0n) is 12.6. The predicted molar refractivity (Wildman–Crippen MR) is 84.6 cm³/mol. The van der Waals surface area contributed by atoms with Gasteiger partial charge in [0.1, 0.15) is 0 Å². The van der Waals surface area contributed by atoms with Crippen LogP contribution < -0.4 is 5.32 Å². The van der Waals surface area contributed by atoms with Gasteiger partial charge >= 0.3 is 0 Å². The smallest absolute Gasteiger partial charge is 0.0556 e. The summed E-state index contributed by atoms with van der Waals surface area (Å²) in [6.07, 6.45) is 3.74. The molecule has 0 saturated carbocycles. The molecule has 0 radical (unpaired) electrons. The molecule has 0 amide bonds. The van der Waals surface area contributed by atoms with Crippen LogP contribution in [-0.4, -0.2) is 23.2 Å². The Hall–Kier alpha value is -1.71. The van der Waals surface area contributed by atoms with Gasteiger partial charge in [-0.2, -0.15) is 0 Å². The van der Waals surface area contributed by atoms with Crippen LogP contribution in [-0.2, 0) is 6.54 Å². The first-order valence-electron chi connectivity index (χ1n) is 7.12. The molecule has 3 nitrogen and oxygen atoms in total. The topological polar surface area (TPSA) is 45.2 Å². The largest absolute Gasteiger partial charge is 0.395 e. The van der Waals surface area contributed by atoms with Gasteiger partial charge in [0.05, 0.1) is 6.61 Å². The van der Waals surface area contributed by atoms with Crippen molar-refractivity contribution in [3.63, 3.8) is 0 Å². The molecule has 2 aromatic rings. The molecule has 0 aliphatic rings. The molecule has 0 unspecified atom stereocenters. The Morgan fingerprint density at radius 2 is 1.90 bits per heavy atom. The average Bonchev–Trinajstić information content (AvgIpc) is 2.50. The number of nitrogens with one attached hydrogen (secondary N) is 1. The Kier molecular flexibility index (Phi) is 7.55. The zero-order chi connectivity index (χ0) is 14.8. The van der Waals surface area contributed by atoms with Crippen molar-refractivity contribution in [2.75, 3.05) is 13.2 Å². The van der Waals surface area contributed by atoms with Crippen LogP contribution in [0, 0.1) is 6.92 Å². The Morgan fingerprint density at radius 3 is 2.60 bits per heavy atom. The fraction of sp³-hybridized carbons (Fsp3) is 0.353. The van der Waals surface area contributed by atoms with E-state index in [4.69, 9.17) is 5.11 Å². The molecular weight excluding hydrogens is 248 g/mol. The van der Waals surface area contributed by atoms with E-state index in [0.717, 1.165) is 17.7 Å². The summed E-state index contributed by atoms with van der Waals surface area (Å²) in [7, 11) is 0. The molecule has 0 aliphatic heterocycles. The van der Waals surface area contributed by atoms with Gasteiger partial charge in [-0.05, 0) is 35.7 Å². The van der Waals surface area contributed by atoms with Gasteiger partial charge < -0.3 is 10.4 Å². The number of aromatic nitrogens is 1. The van der Waals surface area contributed by atoms with E-state index in [1.54, 1.807) is 0 Å². The molecular formula is C17H24N2O. The minimum absolute atomic E-state index is 0.168. The fourth-order valence-corrected chi connectivity index (χ4v) is 1.89. The van der Waals surface area contributed by atoms with E-state index in [0.29, 0.717) is 6.54 Å².